The fraction of sp³-hybridized carbons (Fsp3) is 0.875. The molecule has 1 aliphatic carbocycles. The summed E-state index contributed by atoms with van der Waals surface area (Å²) in [6.07, 6.45) is 5.76. The van der Waals surface area contributed by atoms with Crippen molar-refractivity contribution in [3.8, 4) is 0 Å². The fourth-order valence-corrected chi connectivity index (χ4v) is 2.23. The number of nitrogens with two attached hydrogens (primary N) is 1. The molecule has 0 bridgehead atoms. The lowest BCUT2D eigenvalue weighted by Crippen LogP contribution is -2.48. The van der Waals surface area contributed by atoms with Crippen molar-refractivity contribution >= 4 is 6.21 Å². The van der Waals surface area contributed by atoms with Crippen molar-refractivity contribution in [2.24, 2.45) is 16.8 Å². The average molecular weight is 153 g/mol. The Balaban J connectivity index is 2.13. The van der Waals surface area contributed by atoms with E-state index in [9.17, 15) is 0 Å². The highest BCUT2D eigenvalue weighted by molar-refractivity contribution is 5.64. The van der Waals surface area contributed by atoms with Gasteiger partial charge in [-0.15, -0.1) is 0 Å². The summed E-state index contributed by atoms with van der Waals surface area (Å²) in [7, 11) is 2.02. The highest BCUT2D eigenvalue weighted by Crippen LogP contribution is 2.29. The summed E-state index contributed by atoms with van der Waals surface area (Å²) >= 11 is 0. The molecule has 0 radical (unpaired) electrons. The summed E-state index contributed by atoms with van der Waals surface area (Å²) in [6.45, 7) is 0. The summed E-state index contributed by atoms with van der Waals surface area (Å²) in [5.41, 5.74) is 5.99. The summed E-state index contributed by atoms with van der Waals surface area (Å²) in [6, 6.07) is 0.824. The lowest BCUT2D eigenvalue weighted by atomic mass is 9.83. The molecule has 0 aromatic carbocycles. The predicted molar refractivity (Wildman–Crippen MR) is 45.4 cm³/mol. The Hall–Kier alpha value is -0.570. The smallest absolute Gasteiger partial charge is 0.0696 e. The zero-order chi connectivity index (χ0) is 7.84. The van der Waals surface area contributed by atoms with Gasteiger partial charge in [-0.3, -0.25) is 5.01 Å². The van der Waals surface area contributed by atoms with Crippen LogP contribution in [0.5, 0.6) is 0 Å². The molecule has 0 saturated heterocycles. The van der Waals surface area contributed by atoms with Crippen molar-refractivity contribution in [1.29, 1.82) is 0 Å². The van der Waals surface area contributed by atoms with Gasteiger partial charge in [-0.05, 0) is 12.8 Å². The minimum absolute atomic E-state index is 0.334. The number of fused-ring (bicyclic) bond motifs is 1. The van der Waals surface area contributed by atoms with Crippen LogP contribution in [0.2, 0.25) is 0 Å². The van der Waals surface area contributed by atoms with Gasteiger partial charge in [-0.2, -0.15) is 5.10 Å². The molecule has 0 spiro atoms. The van der Waals surface area contributed by atoms with E-state index in [1.54, 1.807) is 0 Å². The zero-order valence-corrected chi connectivity index (χ0v) is 6.90. The Kier molecular flexibility index (Phi) is 1.60. The van der Waals surface area contributed by atoms with Crippen molar-refractivity contribution in [3.05, 3.63) is 0 Å². The second-order valence-electron chi connectivity index (χ2n) is 3.59. The number of hydrogen-bond acceptors (Lipinski definition) is 3. The van der Waals surface area contributed by atoms with Crippen molar-refractivity contribution in [1.82, 2.24) is 5.01 Å². The number of hydrazone groups is 1. The maximum atomic E-state index is 5.99. The molecule has 1 saturated carbocycles. The van der Waals surface area contributed by atoms with E-state index in [0.29, 0.717) is 18.0 Å². The van der Waals surface area contributed by atoms with E-state index in [4.69, 9.17) is 5.73 Å². The van der Waals surface area contributed by atoms with Crippen LogP contribution in [0.3, 0.4) is 0 Å². The Morgan fingerprint density at radius 2 is 2.36 bits per heavy atom. The van der Waals surface area contributed by atoms with Gasteiger partial charge in [0.1, 0.15) is 0 Å². The Morgan fingerprint density at radius 3 is 3.09 bits per heavy atom. The van der Waals surface area contributed by atoms with Gasteiger partial charge in [0.2, 0.25) is 0 Å². The lowest BCUT2D eigenvalue weighted by molar-refractivity contribution is 0.173. The van der Waals surface area contributed by atoms with Crippen LogP contribution in [0.4, 0.5) is 0 Å². The third-order valence-corrected chi connectivity index (χ3v) is 2.82. The summed E-state index contributed by atoms with van der Waals surface area (Å²) in [5, 5.41) is 6.28. The first-order chi connectivity index (χ1) is 5.29. The normalized spacial score (nSPS) is 42.7. The van der Waals surface area contributed by atoms with Crippen LogP contribution in [0.25, 0.3) is 0 Å². The van der Waals surface area contributed by atoms with E-state index < -0.39 is 0 Å². The molecular weight excluding hydrogens is 138 g/mol. The first-order valence-electron chi connectivity index (χ1n) is 4.31. The molecule has 0 aromatic heterocycles. The van der Waals surface area contributed by atoms with Crippen LogP contribution < -0.4 is 5.73 Å². The molecule has 2 rings (SSSR count). The molecule has 0 amide bonds. The number of rotatable bonds is 0. The lowest BCUT2D eigenvalue weighted by Gasteiger charge is -2.33. The largest absolute Gasteiger partial charge is 0.326 e. The van der Waals surface area contributed by atoms with Crippen molar-refractivity contribution in [2.75, 3.05) is 7.05 Å². The average Bonchev–Trinajstić information content (AvgIpc) is 2.34. The molecule has 3 heteroatoms. The van der Waals surface area contributed by atoms with E-state index in [1.807, 2.05) is 12.1 Å². The Bertz CT molecular complexity index is 178. The number of nitrogens with zero attached hydrogens (tertiary/aromatic N) is 2. The van der Waals surface area contributed by atoms with Crippen molar-refractivity contribution in [3.63, 3.8) is 0 Å². The predicted octanol–water partition coefficient (Wildman–Crippen LogP) is 0.414. The molecular formula is C8H15N3. The first-order valence-corrected chi connectivity index (χ1v) is 4.31. The number of likely N-dealkylation sites (N-methyl/N-ethyl adjacent to an activating group) is 1. The Labute approximate surface area is 67.2 Å². The second kappa shape index (κ2) is 2.48. The fourth-order valence-electron chi connectivity index (χ4n) is 2.23. The molecule has 3 unspecified atom stereocenters. The molecule has 11 heavy (non-hydrogen) atoms. The van der Waals surface area contributed by atoms with E-state index in [0.717, 1.165) is 6.42 Å². The second-order valence-corrected chi connectivity index (χ2v) is 3.59. The van der Waals surface area contributed by atoms with Gasteiger partial charge in [0, 0.05) is 25.2 Å². The highest BCUT2D eigenvalue weighted by Gasteiger charge is 2.36. The van der Waals surface area contributed by atoms with Crippen LogP contribution >= 0.6 is 0 Å². The maximum Gasteiger partial charge on any atom is 0.0696 e. The van der Waals surface area contributed by atoms with Crippen LogP contribution in [0.15, 0.2) is 5.10 Å². The van der Waals surface area contributed by atoms with Crippen molar-refractivity contribution in [2.45, 2.75) is 31.3 Å². The van der Waals surface area contributed by atoms with Gasteiger partial charge in [0.25, 0.3) is 0 Å². The molecule has 2 N–H and O–H groups in total. The molecule has 0 aromatic rings. The van der Waals surface area contributed by atoms with E-state index >= 15 is 0 Å². The van der Waals surface area contributed by atoms with Crippen molar-refractivity contribution < 1.29 is 0 Å². The van der Waals surface area contributed by atoms with Crippen LogP contribution in [0.1, 0.15) is 19.3 Å². The van der Waals surface area contributed by atoms with E-state index in [-0.39, 0.29) is 0 Å². The molecule has 1 fully saturated rings. The standard InChI is InChI=1S/C8H15N3/c1-11-8-6(5-10-11)3-2-4-7(8)9/h5-8H,2-4,9H2,1H3. The molecule has 3 nitrogen and oxygen atoms in total. The minimum atomic E-state index is 0.334. The highest BCUT2D eigenvalue weighted by atomic mass is 15.5. The number of hydrogen-bond donors (Lipinski definition) is 1. The van der Waals surface area contributed by atoms with Gasteiger partial charge in [-0.25, -0.2) is 0 Å². The first kappa shape index (κ1) is 7.10. The van der Waals surface area contributed by atoms with Gasteiger partial charge in [0.15, 0.2) is 0 Å². The van der Waals surface area contributed by atoms with Gasteiger partial charge < -0.3 is 5.73 Å². The third kappa shape index (κ3) is 1.03. The third-order valence-electron chi connectivity index (χ3n) is 2.82. The monoisotopic (exact) mass is 153 g/mol. The van der Waals surface area contributed by atoms with Gasteiger partial charge in [-0.1, -0.05) is 6.42 Å². The molecule has 62 valence electrons. The maximum absolute atomic E-state index is 5.99. The van der Waals surface area contributed by atoms with E-state index in [2.05, 4.69) is 11.3 Å². The SMILES string of the molecule is CN1N=CC2CCCC(N)C21. The quantitative estimate of drug-likeness (QED) is 0.548. The van der Waals surface area contributed by atoms with Crippen LogP contribution in [-0.2, 0) is 0 Å². The molecule has 1 heterocycles. The van der Waals surface area contributed by atoms with Crippen LogP contribution in [-0.4, -0.2) is 30.4 Å². The minimum Gasteiger partial charge on any atom is -0.326 e. The summed E-state index contributed by atoms with van der Waals surface area (Å²) in [5.74, 6) is 0.628. The molecule has 2 aliphatic rings. The molecule has 3 atom stereocenters. The van der Waals surface area contributed by atoms with Gasteiger partial charge in [0.05, 0.1) is 6.04 Å². The topological polar surface area (TPSA) is 41.6 Å². The van der Waals surface area contributed by atoms with Crippen LogP contribution in [0, 0.1) is 5.92 Å². The zero-order valence-electron chi connectivity index (χ0n) is 6.90. The Morgan fingerprint density at radius 1 is 1.55 bits per heavy atom. The van der Waals surface area contributed by atoms with E-state index in [1.165, 1.54) is 12.8 Å². The summed E-state index contributed by atoms with van der Waals surface area (Å²) in [4.78, 5) is 0. The molecule has 1 aliphatic heterocycles. The summed E-state index contributed by atoms with van der Waals surface area (Å²) < 4.78 is 0. The van der Waals surface area contributed by atoms with Gasteiger partial charge >= 0.3 is 0 Å².